The molecule has 0 bridgehead atoms. The maximum absolute atomic E-state index is 13.5. The minimum absolute atomic E-state index is 0.0459. The van der Waals surface area contributed by atoms with Gasteiger partial charge < -0.3 is 10.2 Å². The second kappa shape index (κ2) is 10.8. The number of piperidine rings is 1. The second-order valence-corrected chi connectivity index (χ2v) is 9.33. The fraction of sp³-hybridized carbons (Fsp3) is 0.500. The summed E-state index contributed by atoms with van der Waals surface area (Å²) in [6.45, 7) is 4.29. The van der Waals surface area contributed by atoms with Gasteiger partial charge in [-0.15, -0.1) is 0 Å². The minimum Gasteiger partial charge on any atom is -0.343 e. The highest BCUT2D eigenvalue weighted by molar-refractivity contribution is 6.02. The van der Waals surface area contributed by atoms with Crippen molar-refractivity contribution in [3.63, 3.8) is 0 Å². The molecule has 3 heterocycles. The molecular weight excluding hydrogens is 457 g/mol. The average molecular weight is 489 g/mol. The monoisotopic (exact) mass is 488 g/mol. The molecule has 9 heteroatoms. The van der Waals surface area contributed by atoms with Gasteiger partial charge in [0.1, 0.15) is 0 Å². The van der Waals surface area contributed by atoms with E-state index >= 15 is 0 Å². The first-order chi connectivity index (χ1) is 16.7. The molecule has 2 aliphatic rings. The number of nitrogens with zero attached hydrogens (tertiary/aromatic N) is 3. The molecule has 35 heavy (non-hydrogen) atoms. The standard InChI is InChI=1S/C26H31F3N4O2/c1-18-23(3-2-13-31-18)33(25(35)21-9-14-30-17-21)22-6-4-19(5-7-22)20-10-15-32(16-11-20)24(34)8-12-26(27,28)29/h2-7,13,20-21,30H,8-12,14-17H2,1H3/t21-/m0/s1. The van der Waals surface area contributed by atoms with Crippen LogP contribution >= 0.6 is 0 Å². The molecule has 0 unspecified atom stereocenters. The molecule has 4 rings (SSSR count). The van der Waals surface area contributed by atoms with Gasteiger partial charge in [0, 0.05) is 37.9 Å². The number of aromatic nitrogens is 1. The van der Waals surface area contributed by atoms with E-state index in [-0.39, 0.29) is 17.7 Å². The van der Waals surface area contributed by atoms with Gasteiger partial charge in [-0.2, -0.15) is 13.2 Å². The predicted molar refractivity (Wildman–Crippen MR) is 127 cm³/mol. The van der Waals surface area contributed by atoms with Crippen LogP contribution in [0.15, 0.2) is 42.6 Å². The van der Waals surface area contributed by atoms with Crippen molar-refractivity contribution in [1.29, 1.82) is 0 Å². The summed E-state index contributed by atoms with van der Waals surface area (Å²) in [7, 11) is 0. The molecule has 6 nitrogen and oxygen atoms in total. The molecule has 1 atom stereocenters. The summed E-state index contributed by atoms with van der Waals surface area (Å²) in [6, 6.07) is 11.7. The molecule has 0 saturated carbocycles. The van der Waals surface area contributed by atoms with Crippen LogP contribution in [-0.2, 0) is 9.59 Å². The Hall–Kier alpha value is -2.94. The van der Waals surface area contributed by atoms with E-state index in [9.17, 15) is 22.8 Å². The number of hydrogen-bond acceptors (Lipinski definition) is 4. The van der Waals surface area contributed by atoms with Gasteiger partial charge in [-0.25, -0.2) is 0 Å². The fourth-order valence-corrected chi connectivity index (χ4v) is 4.91. The third-order valence-electron chi connectivity index (χ3n) is 6.94. The van der Waals surface area contributed by atoms with Crippen molar-refractivity contribution < 1.29 is 22.8 Å². The van der Waals surface area contributed by atoms with Crippen molar-refractivity contribution in [2.75, 3.05) is 31.1 Å². The van der Waals surface area contributed by atoms with Crippen LogP contribution in [0.2, 0.25) is 0 Å². The first kappa shape index (κ1) is 25.2. The molecule has 0 spiro atoms. The smallest absolute Gasteiger partial charge is 0.343 e. The zero-order chi connectivity index (χ0) is 25.0. The van der Waals surface area contributed by atoms with E-state index in [2.05, 4.69) is 10.3 Å². The number of benzene rings is 1. The fourth-order valence-electron chi connectivity index (χ4n) is 4.91. The molecule has 2 amide bonds. The minimum atomic E-state index is -4.31. The Kier molecular flexibility index (Phi) is 7.74. The molecule has 1 N–H and O–H groups in total. The Morgan fingerprint density at radius 1 is 1.11 bits per heavy atom. The lowest BCUT2D eigenvalue weighted by atomic mass is 9.89. The van der Waals surface area contributed by atoms with Gasteiger partial charge in [0.05, 0.1) is 23.7 Å². The van der Waals surface area contributed by atoms with E-state index in [1.165, 1.54) is 4.90 Å². The highest BCUT2D eigenvalue weighted by Gasteiger charge is 2.32. The third-order valence-corrected chi connectivity index (χ3v) is 6.94. The van der Waals surface area contributed by atoms with Gasteiger partial charge in [-0.05, 0) is 68.5 Å². The number of carbonyl (C=O) groups excluding carboxylic acids is 2. The number of pyridine rings is 1. The van der Waals surface area contributed by atoms with Crippen molar-refractivity contribution in [3.05, 3.63) is 53.9 Å². The molecular formula is C26H31F3N4O2. The van der Waals surface area contributed by atoms with Crippen LogP contribution in [0.25, 0.3) is 0 Å². The molecule has 1 aromatic heterocycles. The first-order valence-electron chi connectivity index (χ1n) is 12.1. The van der Waals surface area contributed by atoms with Crippen molar-refractivity contribution in [1.82, 2.24) is 15.2 Å². The number of halogens is 3. The van der Waals surface area contributed by atoms with Crippen LogP contribution in [0.3, 0.4) is 0 Å². The summed E-state index contributed by atoms with van der Waals surface area (Å²) < 4.78 is 37.3. The summed E-state index contributed by atoms with van der Waals surface area (Å²) in [5, 5.41) is 3.26. The number of amides is 2. The van der Waals surface area contributed by atoms with E-state index in [1.54, 1.807) is 11.1 Å². The van der Waals surface area contributed by atoms with Gasteiger partial charge >= 0.3 is 6.18 Å². The lowest BCUT2D eigenvalue weighted by Gasteiger charge is -2.33. The average Bonchev–Trinajstić information content (AvgIpc) is 3.39. The Bertz CT molecular complexity index is 1030. The number of rotatable bonds is 6. The van der Waals surface area contributed by atoms with Gasteiger partial charge in [0.15, 0.2) is 0 Å². The summed E-state index contributed by atoms with van der Waals surface area (Å²) in [6.07, 6.45) is -1.96. The number of nitrogens with one attached hydrogen (secondary N) is 1. The number of hydrogen-bond donors (Lipinski definition) is 1. The topological polar surface area (TPSA) is 65.5 Å². The van der Waals surface area contributed by atoms with Gasteiger partial charge in [-0.3, -0.25) is 19.5 Å². The Labute approximate surface area is 203 Å². The maximum atomic E-state index is 13.5. The van der Waals surface area contributed by atoms with E-state index < -0.39 is 24.9 Å². The zero-order valence-electron chi connectivity index (χ0n) is 19.9. The predicted octanol–water partition coefficient (Wildman–Crippen LogP) is 4.71. The van der Waals surface area contributed by atoms with E-state index in [4.69, 9.17) is 0 Å². The van der Waals surface area contributed by atoms with E-state index in [0.29, 0.717) is 32.5 Å². The molecule has 2 aromatic rings. The summed E-state index contributed by atoms with van der Waals surface area (Å²) >= 11 is 0. The molecule has 2 saturated heterocycles. The molecule has 0 aliphatic carbocycles. The van der Waals surface area contributed by atoms with Gasteiger partial charge in [0.2, 0.25) is 11.8 Å². The third kappa shape index (κ3) is 6.20. The molecule has 2 aliphatic heterocycles. The van der Waals surface area contributed by atoms with Crippen molar-refractivity contribution >= 4 is 23.2 Å². The zero-order valence-corrected chi connectivity index (χ0v) is 19.9. The summed E-state index contributed by atoms with van der Waals surface area (Å²) in [5.41, 5.74) is 3.43. The second-order valence-electron chi connectivity index (χ2n) is 9.33. The number of aryl methyl sites for hydroxylation is 1. The number of alkyl halides is 3. The van der Waals surface area contributed by atoms with E-state index in [0.717, 1.165) is 35.6 Å². The summed E-state index contributed by atoms with van der Waals surface area (Å²) in [4.78, 5) is 33.2. The number of likely N-dealkylation sites (tertiary alicyclic amines) is 1. The Morgan fingerprint density at radius 2 is 1.83 bits per heavy atom. The molecule has 188 valence electrons. The quantitative estimate of drug-likeness (QED) is 0.640. The highest BCUT2D eigenvalue weighted by atomic mass is 19.4. The van der Waals surface area contributed by atoms with Gasteiger partial charge in [0.25, 0.3) is 0 Å². The normalized spacial score (nSPS) is 19.1. The van der Waals surface area contributed by atoms with Crippen LogP contribution in [0, 0.1) is 12.8 Å². The number of carbonyl (C=O) groups is 2. The largest absolute Gasteiger partial charge is 0.389 e. The van der Waals surface area contributed by atoms with Crippen molar-refractivity contribution in [2.45, 2.75) is 51.1 Å². The van der Waals surface area contributed by atoms with Crippen LogP contribution in [0.5, 0.6) is 0 Å². The van der Waals surface area contributed by atoms with Crippen LogP contribution < -0.4 is 10.2 Å². The van der Waals surface area contributed by atoms with Gasteiger partial charge in [-0.1, -0.05) is 12.1 Å². The van der Waals surface area contributed by atoms with Crippen LogP contribution in [-0.4, -0.2) is 54.1 Å². The molecule has 2 fully saturated rings. The SMILES string of the molecule is Cc1ncccc1N(C(=O)[C@H]1CCNC1)c1ccc(C2CCN(C(=O)CCC(F)(F)F)CC2)cc1. The Balaban J connectivity index is 1.44. The number of anilines is 2. The van der Waals surface area contributed by atoms with Crippen LogP contribution in [0.1, 0.15) is 49.3 Å². The highest BCUT2D eigenvalue weighted by Crippen LogP contribution is 2.34. The van der Waals surface area contributed by atoms with E-state index in [1.807, 2.05) is 43.3 Å². The molecule has 0 radical (unpaired) electrons. The lowest BCUT2D eigenvalue weighted by Crippen LogP contribution is -2.38. The van der Waals surface area contributed by atoms with Crippen molar-refractivity contribution in [3.8, 4) is 0 Å². The Morgan fingerprint density at radius 3 is 2.43 bits per heavy atom. The maximum Gasteiger partial charge on any atom is 0.389 e. The first-order valence-corrected chi connectivity index (χ1v) is 12.1. The van der Waals surface area contributed by atoms with Crippen LogP contribution in [0.4, 0.5) is 24.5 Å². The lowest BCUT2D eigenvalue weighted by molar-refractivity contribution is -0.149. The van der Waals surface area contributed by atoms with Crippen molar-refractivity contribution in [2.24, 2.45) is 5.92 Å². The summed E-state index contributed by atoms with van der Waals surface area (Å²) in [5.74, 6) is -0.254. The molecule has 1 aromatic carbocycles.